The predicted molar refractivity (Wildman–Crippen MR) is 86.3 cm³/mol. The Hall–Kier alpha value is -2.12. The first kappa shape index (κ1) is 20.2. The van der Waals surface area contributed by atoms with Crippen molar-refractivity contribution in [2.24, 2.45) is 22.4 Å². The Morgan fingerprint density at radius 2 is 1.73 bits per heavy atom. The molecular weight excluding hydrogens is 354 g/mol. The Labute approximate surface area is 149 Å². The first-order valence-corrected chi connectivity index (χ1v) is 8.28. The number of hydrogen-bond acceptors (Lipinski definition) is 4. The summed E-state index contributed by atoms with van der Waals surface area (Å²) >= 11 is 0. The van der Waals surface area contributed by atoms with Crippen LogP contribution in [-0.2, 0) is 21.0 Å². The van der Waals surface area contributed by atoms with Crippen LogP contribution in [0.4, 0.5) is 17.6 Å². The van der Waals surface area contributed by atoms with E-state index >= 15 is 0 Å². The van der Waals surface area contributed by atoms with Gasteiger partial charge < -0.3 is 9.57 Å². The molecule has 2 atom stereocenters. The van der Waals surface area contributed by atoms with Gasteiger partial charge in [0.15, 0.2) is 23.3 Å². The number of hydrogen-bond donors (Lipinski definition) is 0. The average molecular weight is 375 g/mol. The van der Waals surface area contributed by atoms with Gasteiger partial charge in [-0.05, 0) is 18.8 Å². The van der Waals surface area contributed by atoms with Gasteiger partial charge in [0.25, 0.3) is 0 Å². The van der Waals surface area contributed by atoms with Gasteiger partial charge in [-0.2, -0.15) is 0 Å². The molecule has 0 spiro atoms. The maximum atomic E-state index is 13.8. The molecule has 0 aromatic heterocycles. The van der Waals surface area contributed by atoms with Gasteiger partial charge in [-0.3, -0.25) is 4.79 Å². The average Bonchev–Trinajstić information content (AvgIpc) is 3.15. The summed E-state index contributed by atoms with van der Waals surface area (Å²) in [5.41, 5.74) is -2.17. The number of ether oxygens (including phenoxy) is 1. The molecule has 0 aliphatic heterocycles. The van der Waals surface area contributed by atoms with Gasteiger partial charge in [0.05, 0.1) is 11.5 Å². The van der Waals surface area contributed by atoms with E-state index in [2.05, 4.69) is 5.16 Å². The van der Waals surface area contributed by atoms with E-state index in [1.807, 2.05) is 20.8 Å². The van der Waals surface area contributed by atoms with E-state index in [9.17, 15) is 22.4 Å². The van der Waals surface area contributed by atoms with Gasteiger partial charge in [0.2, 0.25) is 0 Å². The molecule has 1 aliphatic rings. The molecule has 0 unspecified atom stereocenters. The lowest BCUT2D eigenvalue weighted by molar-refractivity contribution is -0.147. The first-order chi connectivity index (χ1) is 12.1. The fraction of sp³-hybridized carbons (Fsp3) is 0.556. The van der Waals surface area contributed by atoms with Crippen molar-refractivity contribution in [3.05, 3.63) is 34.4 Å². The summed E-state index contributed by atoms with van der Waals surface area (Å²) in [4.78, 5) is 17.2. The van der Waals surface area contributed by atoms with Gasteiger partial charge in [0, 0.05) is 17.7 Å². The van der Waals surface area contributed by atoms with E-state index < -0.39 is 58.3 Å². The number of benzene rings is 1. The van der Waals surface area contributed by atoms with Crippen LogP contribution < -0.4 is 0 Å². The Kier molecular flexibility index (Phi) is 5.93. The number of nitrogens with zero attached hydrogens (tertiary/aromatic N) is 1. The number of oxime groups is 1. The zero-order valence-electron chi connectivity index (χ0n) is 15.0. The van der Waals surface area contributed by atoms with Crippen LogP contribution in [0.1, 0.15) is 38.3 Å². The maximum Gasteiger partial charge on any atom is 0.310 e. The molecule has 144 valence electrons. The third kappa shape index (κ3) is 3.68. The Bertz CT molecular complexity index is 705. The smallest absolute Gasteiger partial charge is 0.310 e. The third-order valence-corrected chi connectivity index (χ3v) is 4.69. The fourth-order valence-corrected chi connectivity index (χ4v) is 2.81. The molecule has 2 rings (SSSR count). The highest BCUT2D eigenvalue weighted by Gasteiger charge is 2.62. The fourth-order valence-electron chi connectivity index (χ4n) is 2.81. The largest absolute Gasteiger partial charge is 0.460 e. The molecular formula is C18H21F4NO3. The van der Waals surface area contributed by atoms with Crippen molar-refractivity contribution in [1.29, 1.82) is 0 Å². The van der Waals surface area contributed by atoms with Gasteiger partial charge >= 0.3 is 5.97 Å². The lowest BCUT2D eigenvalue weighted by atomic mass is 10.1. The molecule has 0 saturated heterocycles. The molecule has 0 bridgehead atoms. The highest BCUT2D eigenvalue weighted by molar-refractivity contribution is 5.85. The summed E-state index contributed by atoms with van der Waals surface area (Å²) in [7, 11) is 0. The highest BCUT2D eigenvalue weighted by Crippen LogP contribution is 2.57. The zero-order chi connectivity index (χ0) is 19.6. The van der Waals surface area contributed by atoms with Crippen molar-refractivity contribution in [3.8, 4) is 0 Å². The number of rotatable bonds is 7. The van der Waals surface area contributed by atoms with Crippen LogP contribution >= 0.6 is 0 Å². The van der Waals surface area contributed by atoms with Crippen molar-refractivity contribution in [2.75, 3.05) is 6.61 Å². The molecule has 8 heteroatoms. The molecule has 1 aromatic carbocycles. The van der Waals surface area contributed by atoms with Crippen LogP contribution in [0.15, 0.2) is 5.16 Å². The summed E-state index contributed by atoms with van der Waals surface area (Å²) in [6, 6.07) is 0. The Morgan fingerprint density at radius 3 is 2.27 bits per heavy atom. The van der Waals surface area contributed by atoms with Crippen LogP contribution in [-0.4, -0.2) is 18.8 Å². The molecule has 26 heavy (non-hydrogen) atoms. The minimum Gasteiger partial charge on any atom is -0.460 e. The van der Waals surface area contributed by atoms with Gasteiger partial charge in [0.1, 0.15) is 13.2 Å². The quantitative estimate of drug-likeness (QED) is 0.178. The minimum atomic E-state index is -1.56. The maximum absolute atomic E-state index is 13.8. The summed E-state index contributed by atoms with van der Waals surface area (Å²) < 4.78 is 59.7. The molecule has 0 radical (unpaired) electrons. The summed E-state index contributed by atoms with van der Waals surface area (Å²) in [5.74, 6) is -7.68. The monoisotopic (exact) mass is 375 g/mol. The topological polar surface area (TPSA) is 47.9 Å². The molecule has 1 aliphatic carbocycles. The number of esters is 1. The van der Waals surface area contributed by atoms with E-state index in [1.54, 1.807) is 0 Å². The van der Waals surface area contributed by atoms with Gasteiger partial charge in [-0.1, -0.05) is 25.9 Å². The van der Waals surface area contributed by atoms with Crippen LogP contribution in [0.5, 0.6) is 0 Å². The van der Waals surface area contributed by atoms with Crippen LogP contribution in [0.3, 0.4) is 0 Å². The van der Waals surface area contributed by atoms with Crippen molar-refractivity contribution in [1.82, 2.24) is 0 Å². The summed E-state index contributed by atoms with van der Waals surface area (Å²) in [5, 5.41) is 3.78. The van der Waals surface area contributed by atoms with Crippen molar-refractivity contribution < 1.29 is 31.9 Å². The summed E-state index contributed by atoms with van der Waals surface area (Å²) in [6.07, 6.45) is 2.28. The number of carbonyl (C=O) groups is 1. The van der Waals surface area contributed by atoms with Crippen LogP contribution in [0.25, 0.3) is 0 Å². The Morgan fingerprint density at radius 1 is 1.15 bits per heavy atom. The first-order valence-electron chi connectivity index (χ1n) is 8.28. The van der Waals surface area contributed by atoms with Crippen molar-refractivity contribution in [3.63, 3.8) is 0 Å². The van der Waals surface area contributed by atoms with Gasteiger partial charge in [-0.25, -0.2) is 17.6 Å². The van der Waals surface area contributed by atoms with E-state index in [4.69, 9.17) is 9.57 Å². The van der Waals surface area contributed by atoms with E-state index in [0.717, 1.165) is 13.3 Å². The summed E-state index contributed by atoms with van der Waals surface area (Å²) in [6.45, 7) is 6.01. The minimum absolute atomic E-state index is 0.256. The zero-order valence-corrected chi connectivity index (χ0v) is 15.0. The standard InChI is InChI=1S/C18H21F4NO3/c1-5-6-26-23-7-11-12(18(11,3)4)17(24)25-8-10-15(21)13(19)9(2)14(20)16(10)22/h7,11-12H,5-6,8H2,1-4H3/b23-7+/t11-,12+/m1/s1. The molecule has 4 nitrogen and oxygen atoms in total. The predicted octanol–water partition coefficient (Wildman–Crippen LogP) is 4.28. The number of carbonyl (C=O) groups excluding carboxylic acids is 1. The Balaban J connectivity index is 2.05. The number of halogens is 4. The molecule has 0 heterocycles. The lowest BCUT2D eigenvalue weighted by Gasteiger charge is -2.10. The molecule has 1 fully saturated rings. The van der Waals surface area contributed by atoms with Crippen LogP contribution in [0, 0.1) is 47.4 Å². The van der Waals surface area contributed by atoms with Crippen LogP contribution in [0.2, 0.25) is 0 Å². The second-order valence-electron chi connectivity index (χ2n) is 6.88. The van der Waals surface area contributed by atoms with E-state index in [1.165, 1.54) is 6.21 Å². The lowest BCUT2D eigenvalue weighted by Crippen LogP contribution is -2.14. The van der Waals surface area contributed by atoms with Crippen molar-refractivity contribution >= 4 is 12.2 Å². The van der Waals surface area contributed by atoms with Gasteiger partial charge in [-0.15, -0.1) is 0 Å². The molecule has 0 amide bonds. The molecule has 1 saturated carbocycles. The molecule has 1 aromatic rings. The molecule has 0 N–H and O–H groups in total. The van der Waals surface area contributed by atoms with E-state index in [0.29, 0.717) is 6.61 Å². The SMILES string of the molecule is CCCO/N=C/[C@@H]1[C@@H](C(=O)OCc2c(F)c(F)c(C)c(F)c2F)C1(C)C. The second kappa shape index (κ2) is 7.63. The normalized spacial score (nSPS) is 21.1. The van der Waals surface area contributed by atoms with E-state index in [-0.39, 0.29) is 5.92 Å². The van der Waals surface area contributed by atoms with Crippen molar-refractivity contribution in [2.45, 2.75) is 40.7 Å². The highest BCUT2D eigenvalue weighted by atomic mass is 19.2. The second-order valence-corrected chi connectivity index (χ2v) is 6.88. The third-order valence-electron chi connectivity index (χ3n) is 4.69.